The van der Waals surface area contributed by atoms with Gasteiger partial charge in [-0.3, -0.25) is 0 Å². The highest BCUT2D eigenvalue weighted by molar-refractivity contribution is 5.62. The Morgan fingerprint density at radius 1 is 0.706 bits per heavy atom. The first-order valence-corrected chi connectivity index (χ1v) is 5.58. The molecule has 2 aromatic heterocycles. The average molecular weight is 220 g/mol. The molecule has 0 saturated carbocycles. The largest absolute Gasteiger partial charge is 0.309 e. The monoisotopic (exact) mass is 220 g/mol. The normalized spacial score (nSPS) is 10.4. The van der Waals surface area contributed by atoms with E-state index < -0.39 is 0 Å². The molecule has 0 bridgehead atoms. The highest BCUT2D eigenvalue weighted by Gasteiger charge is 1.99. The molecule has 2 heterocycles. The second-order valence-electron chi connectivity index (χ2n) is 3.86. The van der Waals surface area contributed by atoms with E-state index in [0.29, 0.717) is 0 Å². The highest BCUT2D eigenvalue weighted by Crippen LogP contribution is 2.18. The minimum atomic E-state index is 0.940. The first-order valence-electron chi connectivity index (χ1n) is 5.58. The Balaban J connectivity index is 1.96. The molecule has 0 unspecified atom stereocenters. The van der Waals surface area contributed by atoms with Crippen molar-refractivity contribution in [2.75, 3.05) is 0 Å². The van der Waals surface area contributed by atoms with Gasteiger partial charge in [0.1, 0.15) is 5.82 Å². The first kappa shape index (κ1) is 9.85. The molecular formula is C15H12N2. The zero-order valence-electron chi connectivity index (χ0n) is 9.32. The number of benzene rings is 1. The van der Waals surface area contributed by atoms with Crippen LogP contribution >= 0.6 is 0 Å². The summed E-state index contributed by atoms with van der Waals surface area (Å²) in [6.45, 7) is 0. The summed E-state index contributed by atoms with van der Waals surface area (Å²) in [4.78, 5) is 4.46. The Morgan fingerprint density at radius 2 is 1.47 bits per heavy atom. The van der Waals surface area contributed by atoms with Crippen LogP contribution in [-0.4, -0.2) is 9.55 Å². The Labute approximate surface area is 100 Å². The lowest BCUT2D eigenvalue weighted by Crippen LogP contribution is -1.93. The molecule has 0 aliphatic rings. The van der Waals surface area contributed by atoms with Gasteiger partial charge in [0.05, 0.1) is 0 Å². The standard InChI is InChI=1S/C15H12N2/c1-2-6-13(7-3-1)14-8-9-15(16-12-14)17-10-4-5-11-17/h1-12H. The Morgan fingerprint density at radius 3 is 2.12 bits per heavy atom. The van der Waals surface area contributed by atoms with Crippen molar-refractivity contribution in [3.8, 4) is 16.9 Å². The van der Waals surface area contributed by atoms with Gasteiger partial charge < -0.3 is 4.57 Å². The van der Waals surface area contributed by atoms with E-state index >= 15 is 0 Å². The molecule has 0 saturated heterocycles. The van der Waals surface area contributed by atoms with Gasteiger partial charge >= 0.3 is 0 Å². The summed E-state index contributed by atoms with van der Waals surface area (Å²) >= 11 is 0. The quantitative estimate of drug-likeness (QED) is 0.646. The molecule has 0 aliphatic heterocycles. The van der Waals surface area contributed by atoms with Crippen molar-refractivity contribution in [1.29, 1.82) is 0 Å². The van der Waals surface area contributed by atoms with Crippen molar-refractivity contribution >= 4 is 0 Å². The third-order valence-corrected chi connectivity index (χ3v) is 2.72. The molecule has 17 heavy (non-hydrogen) atoms. The van der Waals surface area contributed by atoms with Crippen LogP contribution in [0, 0.1) is 0 Å². The van der Waals surface area contributed by atoms with E-state index in [4.69, 9.17) is 0 Å². The van der Waals surface area contributed by atoms with Gasteiger partial charge in [-0.2, -0.15) is 0 Å². The fourth-order valence-corrected chi connectivity index (χ4v) is 1.83. The van der Waals surface area contributed by atoms with Gasteiger partial charge in [-0.1, -0.05) is 30.3 Å². The van der Waals surface area contributed by atoms with Gasteiger partial charge in [0.25, 0.3) is 0 Å². The third kappa shape index (κ3) is 1.97. The molecule has 0 amide bonds. The topological polar surface area (TPSA) is 17.8 Å². The van der Waals surface area contributed by atoms with Crippen molar-refractivity contribution in [2.45, 2.75) is 0 Å². The van der Waals surface area contributed by atoms with Crippen molar-refractivity contribution in [2.24, 2.45) is 0 Å². The van der Waals surface area contributed by atoms with Crippen LogP contribution in [0.5, 0.6) is 0 Å². The first-order chi connectivity index (χ1) is 8.43. The molecule has 3 aromatic rings. The van der Waals surface area contributed by atoms with Gasteiger partial charge in [-0.05, 0) is 29.8 Å². The van der Waals surface area contributed by atoms with Crippen LogP contribution in [0.25, 0.3) is 16.9 Å². The molecule has 0 N–H and O–H groups in total. The number of hydrogen-bond donors (Lipinski definition) is 0. The lowest BCUT2D eigenvalue weighted by molar-refractivity contribution is 1.01. The molecule has 2 heteroatoms. The SMILES string of the molecule is c1ccc(-c2ccc(-n3cccc3)nc2)cc1. The molecule has 0 atom stereocenters. The van der Waals surface area contributed by atoms with Crippen LogP contribution in [0.2, 0.25) is 0 Å². The van der Waals surface area contributed by atoms with Gasteiger partial charge in [-0.25, -0.2) is 4.98 Å². The Kier molecular flexibility index (Phi) is 2.47. The fraction of sp³-hybridized carbons (Fsp3) is 0. The highest BCUT2D eigenvalue weighted by atomic mass is 15.0. The van der Waals surface area contributed by atoms with Crippen LogP contribution in [0.3, 0.4) is 0 Å². The lowest BCUT2D eigenvalue weighted by Gasteiger charge is -2.04. The zero-order chi connectivity index (χ0) is 11.5. The van der Waals surface area contributed by atoms with E-state index in [1.165, 1.54) is 5.56 Å². The van der Waals surface area contributed by atoms with Gasteiger partial charge in [0, 0.05) is 24.2 Å². The van der Waals surface area contributed by atoms with Crippen molar-refractivity contribution in [1.82, 2.24) is 9.55 Å². The minimum Gasteiger partial charge on any atom is -0.309 e. The summed E-state index contributed by atoms with van der Waals surface area (Å²) in [6.07, 6.45) is 5.89. The Hall–Kier alpha value is -2.35. The van der Waals surface area contributed by atoms with Gasteiger partial charge in [-0.15, -0.1) is 0 Å². The van der Waals surface area contributed by atoms with Crippen LogP contribution in [0.4, 0.5) is 0 Å². The van der Waals surface area contributed by atoms with Crippen LogP contribution in [0.1, 0.15) is 0 Å². The van der Waals surface area contributed by atoms with Crippen LogP contribution < -0.4 is 0 Å². The number of nitrogens with zero attached hydrogens (tertiary/aromatic N) is 2. The molecular weight excluding hydrogens is 208 g/mol. The number of pyridine rings is 1. The maximum absolute atomic E-state index is 4.46. The average Bonchev–Trinajstić information content (AvgIpc) is 2.94. The van der Waals surface area contributed by atoms with Crippen molar-refractivity contribution < 1.29 is 0 Å². The van der Waals surface area contributed by atoms with E-state index in [9.17, 15) is 0 Å². The molecule has 82 valence electrons. The molecule has 1 aromatic carbocycles. The van der Waals surface area contributed by atoms with E-state index in [1.807, 2.05) is 59.6 Å². The maximum Gasteiger partial charge on any atom is 0.136 e. The zero-order valence-corrected chi connectivity index (χ0v) is 9.32. The van der Waals surface area contributed by atoms with Crippen molar-refractivity contribution in [3.05, 3.63) is 73.2 Å². The van der Waals surface area contributed by atoms with Crippen molar-refractivity contribution in [3.63, 3.8) is 0 Å². The number of aromatic nitrogens is 2. The predicted octanol–water partition coefficient (Wildman–Crippen LogP) is 3.54. The lowest BCUT2D eigenvalue weighted by atomic mass is 10.1. The Bertz CT molecular complexity index is 581. The fourth-order valence-electron chi connectivity index (χ4n) is 1.83. The van der Waals surface area contributed by atoms with E-state index in [-0.39, 0.29) is 0 Å². The molecule has 2 nitrogen and oxygen atoms in total. The molecule has 0 radical (unpaired) electrons. The van der Waals surface area contributed by atoms with E-state index in [1.54, 1.807) is 0 Å². The third-order valence-electron chi connectivity index (χ3n) is 2.72. The number of rotatable bonds is 2. The summed E-state index contributed by atoms with van der Waals surface area (Å²) in [5.74, 6) is 0.940. The minimum absolute atomic E-state index is 0.940. The summed E-state index contributed by atoms with van der Waals surface area (Å²) in [6, 6.07) is 18.4. The van der Waals surface area contributed by atoms with E-state index in [2.05, 4.69) is 23.2 Å². The number of hydrogen-bond acceptors (Lipinski definition) is 1. The molecule has 0 spiro atoms. The van der Waals surface area contributed by atoms with E-state index in [0.717, 1.165) is 11.4 Å². The van der Waals surface area contributed by atoms with Gasteiger partial charge in [0.2, 0.25) is 0 Å². The summed E-state index contributed by atoms with van der Waals surface area (Å²) in [5, 5.41) is 0. The molecule has 0 fully saturated rings. The summed E-state index contributed by atoms with van der Waals surface area (Å²) < 4.78 is 1.99. The van der Waals surface area contributed by atoms with Gasteiger partial charge in [0.15, 0.2) is 0 Å². The van der Waals surface area contributed by atoms with Crippen LogP contribution in [0.15, 0.2) is 73.2 Å². The molecule has 0 aliphatic carbocycles. The second-order valence-corrected chi connectivity index (χ2v) is 3.86. The predicted molar refractivity (Wildman–Crippen MR) is 69.0 cm³/mol. The second kappa shape index (κ2) is 4.26. The molecule has 3 rings (SSSR count). The maximum atomic E-state index is 4.46. The summed E-state index contributed by atoms with van der Waals surface area (Å²) in [7, 11) is 0. The summed E-state index contributed by atoms with van der Waals surface area (Å²) in [5.41, 5.74) is 2.33. The van der Waals surface area contributed by atoms with Crippen LogP contribution in [-0.2, 0) is 0 Å². The smallest absolute Gasteiger partial charge is 0.136 e.